The van der Waals surface area contributed by atoms with Gasteiger partial charge in [-0.3, -0.25) is 9.48 Å². The zero-order valence-electron chi connectivity index (χ0n) is 16.1. The summed E-state index contributed by atoms with van der Waals surface area (Å²) in [6.07, 6.45) is 2.33. The fourth-order valence-corrected chi connectivity index (χ4v) is 4.23. The number of β-amino-alcohol motifs (C(OH)–C–C–N with tert-alkyl or cyclic N) is 1. The van der Waals surface area contributed by atoms with Crippen LogP contribution in [0.1, 0.15) is 28.9 Å². The summed E-state index contributed by atoms with van der Waals surface area (Å²) in [7, 11) is 1.85. The fourth-order valence-electron chi connectivity index (χ4n) is 4.23. The molecule has 2 saturated heterocycles. The number of fused-ring (bicyclic) bond motifs is 1. The molecule has 0 aliphatic carbocycles. The van der Waals surface area contributed by atoms with Crippen LogP contribution < -0.4 is 0 Å². The summed E-state index contributed by atoms with van der Waals surface area (Å²) in [6, 6.07) is 6.01. The van der Waals surface area contributed by atoms with Crippen LogP contribution in [0, 0.1) is 6.92 Å². The quantitative estimate of drug-likeness (QED) is 0.876. The maximum absolute atomic E-state index is 13.3. The van der Waals surface area contributed by atoms with Crippen LogP contribution >= 0.6 is 0 Å². The van der Waals surface area contributed by atoms with Crippen molar-refractivity contribution in [3.8, 4) is 0 Å². The van der Waals surface area contributed by atoms with Crippen molar-refractivity contribution in [2.24, 2.45) is 7.05 Å². The van der Waals surface area contributed by atoms with Gasteiger partial charge in [-0.05, 0) is 45.0 Å². The van der Waals surface area contributed by atoms with E-state index in [0.29, 0.717) is 25.4 Å². The SMILES string of the molecule is Cc1ccc2c(c1)c(C(=O)N1CCOC[C@@](O)(CN3CCCC3)C1)nn2C. The second-order valence-corrected chi connectivity index (χ2v) is 7.98. The molecular formula is C20H28N4O3. The topological polar surface area (TPSA) is 70.8 Å². The molecule has 2 aliphatic heterocycles. The van der Waals surface area contributed by atoms with Crippen molar-refractivity contribution in [1.29, 1.82) is 0 Å². The van der Waals surface area contributed by atoms with E-state index in [1.54, 1.807) is 9.58 Å². The predicted molar refractivity (Wildman–Crippen MR) is 103 cm³/mol. The van der Waals surface area contributed by atoms with Gasteiger partial charge < -0.3 is 19.6 Å². The van der Waals surface area contributed by atoms with Crippen molar-refractivity contribution in [1.82, 2.24) is 19.6 Å². The molecule has 7 nitrogen and oxygen atoms in total. The van der Waals surface area contributed by atoms with E-state index in [1.807, 2.05) is 32.2 Å². The van der Waals surface area contributed by atoms with E-state index in [9.17, 15) is 9.90 Å². The Balaban J connectivity index is 1.59. The van der Waals surface area contributed by atoms with Crippen molar-refractivity contribution in [2.75, 3.05) is 45.9 Å². The number of rotatable bonds is 3. The molecule has 0 bridgehead atoms. The number of likely N-dealkylation sites (tertiary alicyclic amines) is 1. The lowest BCUT2D eigenvalue weighted by Crippen LogP contribution is -2.53. The Kier molecular flexibility index (Phi) is 4.92. The van der Waals surface area contributed by atoms with Crippen LogP contribution in [0.5, 0.6) is 0 Å². The minimum Gasteiger partial charge on any atom is -0.384 e. The Morgan fingerprint density at radius 1 is 1.30 bits per heavy atom. The maximum atomic E-state index is 13.3. The summed E-state index contributed by atoms with van der Waals surface area (Å²) in [6.45, 7) is 5.97. The van der Waals surface area contributed by atoms with Crippen LogP contribution in [0.2, 0.25) is 0 Å². The van der Waals surface area contributed by atoms with Crippen LogP contribution in [-0.2, 0) is 11.8 Å². The van der Waals surface area contributed by atoms with Crippen molar-refractivity contribution in [3.05, 3.63) is 29.5 Å². The van der Waals surface area contributed by atoms with Gasteiger partial charge in [-0.15, -0.1) is 0 Å². The van der Waals surface area contributed by atoms with Gasteiger partial charge in [-0.2, -0.15) is 5.10 Å². The second-order valence-electron chi connectivity index (χ2n) is 7.98. The van der Waals surface area contributed by atoms with E-state index in [4.69, 9.17) is 4.74 Å². The van der Waals surface area contributed by atoms with Crippen LogP contribution in [0.4, 0.5) is 0 Å². The summed E-state index contributed by atoms with van der Waals surface area (Å²) in [5.74, 6) is -0.142. The van der Waals surface area contributed by atoms with Crippen molar-refractivity contribution >= 4 is 16.8 Å². The summed E-state index contributed by atoms with van der Waals surface area (Å²) in [5, 5.41) is 16.5. The molecule has 1 aromatic heterocycles. The highest BCUT2D eigenvalue weighted by Gasteiger charge is 2.37. The second kappa shape index (κ2) is 7.22. The van der Waals surface area contributed by atoms with Gasteiger partial charge in [0.05, 0.1) is 25.3 Å². The number of hydrogen-bond acceptors (Lipinski definition) is 5. The number of hydrogen-bond donors (Lipinski definition) is 1. The average Bonchev–Trinajstić information content (AvgIpc) is 3.19. The molecule has 27 heavy (non-hydrogen) atoms. The Labute approximate surface area is 159 Å². The average molecular weight is 372 g/mol. The van der Waals surface area contributed by atoms with Crippen LogP contribution in [0.3, 0.4) is 0 Å². The molecule has 1 aromatic carbocycles. The van der Waals surface area contributed by atoms with Crippen LogP contribution in [0.15, 0.2) is 18.2 Å². The fraction of sp³-hybridized carbons (Fsp3) is 0.600. The third kappa shape index (κ3) is 3.72. The lowest BCUT2D eigenvalue weighted by molar-refractivity contribution is -0.0524. The lowest BCUT2D eigenvalue weighted by Gasteiger charge is -2.33. The standard InChI is InChI=1S/C20H28N4O3/c1-15-5-6-17-16(11-15)18(21-22(17)2)19(25)24-9-10-27-14-20(26,13-24)12-23-7-3-4-8-23/h5-6,11,26H,3-4,7-10,12-14H2,1-2H3/t20-/m1/s1. The molecule has 146 valence electrons. The number of aromatic nitrogens is 2. The van der Waals surface area contributed by atoms with Gasteiger partial charge in [-0.25, -0.2) is 0 Å². The molecule has 3 heterocycles. The summed E-state index contributed by atoms with van der Waals surface area (Å²) >= 11 is 0. The molecule has 4 rings (SSSR count). The molecule has 1 amide bonds. The first-order valence-corrected chi connectivity index (χ1v) is 9.70. The van der Waals surface area contributed by atoms with Gasteiger partial charge in [0.2, 0.25) is 0 Å². The highest BCUT2D eigenvalue weighted by molar-refractivity contribution is 6.05. The molecule has 2 aliphatic rings. The molecule has 0 radical (unpaired) electrons. The molecule has 2 fully saturated rings. The number of aryl methyl sites for hydroxylation is 2. The Morgan fingerprint density at radius 3 is 2.85 bits per heavy atom. The lowest BCUT2D eigenvalue weighted by atomic mass is 10.0. The summed E-state index contributed by atoms with van der Waals surface area (Å²) in [4.78, 5) is 17.2. The molecule has 7 heteroatoms. The van der Waals surface area contributed by atoms with E-state index in [0.717, 1.165) is 29.6 Å². The van der Waals surface area contributed by atoms with Crippen LogP contribution in [-0.4, -0.2) is 82.1 Å². The van der Waals surface area contributed by atoms with Crippen molar-refractivity contribution in [3.63, 3.8) is 0 Å². The highest BCUT2D eigenvalue weighted by atomic mass is 16.5. The Morgan fingerprint density at radius 2 is 2.07 bits per heavy atom. The molecule has 0 saturated carbocycles. The number of aliphatic hydroxyl groups is 1. The molecule has 0 spiro atoms. The Bertz CT molecular complexity index is 843. The zero-order chi connectivity index (χ0) is 19.0. The minimum absolute atomic E-state index is 0.142. The van der Waals surface area contributed by atoms with Crippen LogP contribution in [0.25, 0.3) is 10.9 Å². The Hall–Kier alpha value is -1.96. The van der Waals surface area contributed by atoms with Gasteiger partial charge in [-0.1, -0.05) is 11.6 Å². The summed E-state index contributed by atoms with van der Waals surface area (Å²) < 4.78 is 7.40. The van der Waals surface area contributed by atoms with Gasteiger partial charge in [0, 0.05) is 25.5 Å². The maximum Gasteiger partial charge on any atom is 0.275 e. The number of carbonyl (C=O) groups excluding carboxylic acids is 1. The molecule has 2 aromatic rings. The van der Waals surface area contributed by atoms with Crippen molar-refractivity contribution < 1.29 is 14.6 Å². The normalized spacial score (nSPS) is 24.5. The first-order valence-electron chi connectivity index (χ1n) is 9.70. The van der Waals surface area contributed by atoms with Crippen molar-refractivity contribution in [2.45, 2.75) is 25.4 Å². The molecular weight excluding hydrogens is 344 g/mol. The van der Waals surface area contributed by atoms with E-state index >= 15 is 0 Å². The van der Waals surface area contributed by atoms with E-state index < -0.39 is 5.60 Å². The number of benzene rings is 1. The number of carbonyl (C=O) groups is 1. The van der Waals surface area contributed by atoms with E-state index in [-0.39, 0.29) is 19.1 Å². The zero-order valence-corrected chi connectivity index (χ0v) is 16.1. The molecule has 1 N–H and O–H groups in total. The number of ether oxygens (including phenoxy) is 1. The summed E-state index contributed by atoms with van der Waals surface area (Å²) in [5.41, 5.74) is 1.43. The minimum atomic E-state index is -1.04. The smallest absolute Gasteiger partial charge is 0.275 e. The van der Waals surface area contributed by atoms with Gasteiger partial charge in [0.15, 0.2) is 5.69 Å². The third-order valence-corrected chi connectivity index (χ3v) is 5.57. The predicted octanol–water partition coefficient (Wildman–Crippen LogP) is 1.18. The molecule has 1 atom stereocenters. The number of amides is 1. The monoisotopic (exact) mass is 372 g/mol. The molecule has 0 unspecified atom stereocenters. The first-order chi connectivity index (χ1) is 13.0. The van der Waals surface area contributed by atoms with Gasteiger partial charge >= 0.3 is 0 Å². The van der Waals surface area contributed by atoms with Gasteiger partial charge in [0.25, 0.3) is 5.91 Å². The third-order valence-electron chi connectivity index (χ3n) is 5.57. The largest absolute Gasteiger partial charge is 0.384 e. The first kappa shape index (κ1) is 18.4. The number of nitrogens with zero attached hydrogens (tertiary/aromatic N) is 4. The highest BCUT2D eigenvalue weighted by Crippen LogP contribution is 2.23. The van der Waals surface area contributed by atoms with Gasteiger partial charge in [0.1, 0.15) is 5.60 Å². The van der Waals surface area contributed by atoms with E-state index in [1.165, 1.54) is 12.8 Å². The van der Waals surface area contributed by atoms with E-state index in [2.05, 4.69) is 10.00 Å².